The van der Waals surface area contributed by atoms with E-state index in [1.165, 1.54) is 19.2 Å². The van der Waals surface area contributed by atoms with Crippen LogP contribution in [0.3, 0.4) is 0 Å². The second-order valence-electron chi connectivity index (χ2n) is 6.40. The molecule has 28 heavy (non-hydrogen) atoms. The number of nitrogens with one attached hydrogen (secondary N) is 1. The van der Waals surface area contributed by atoms with Gasteiger partial charge in [0.2, 0.25) is 0 Å². The lowest BCUT2D eigenvalue weighted by molar-refractivity contribution is -0.110. The normalized spacial score (nSPS) is 17.7. The van der Waals surface area contributed by atoms with Gasteiger partial charge in [0.1, 0.15) is 18.2 Å². The zero-order valence-corrected chi connectivity index (χ0v) is 15.3. The average Bonchev–Trinajstić information content (AvgIpc) is 3.30. The fraction of sp³-hybridized carbons (Fsp3) is 0.143. The van der Waals surface area contributed by atoms with Gasteiger partial charge in [-0.2, -0.15) is 0 Å². The number of hydrogen-bond donors (Lipinski definition) is 1. The van der Waals surface area contributed by atoms with Crippen LogP contribution in [-0.4, -0.2) is 37.6 Å². The van der Waals surface area contributed by atoms with Crippen molar-refractivity contribution in [3.63, 3.8) is 0 Å². The molecule has 2 heterocycles. The Hall–Kier alpha value is -3.45. The third-order valence-electron chi connectivity index (χ3n) is 4.72. The zero-order chi connectivity index (χ0) is 19.8. The second kappa shape index (κ2) is 6.94. The van der Waals surface area contributed by atoms with E-state index in [0.717, 1.165) is 16.2 Å². The predicted molar refractivity (Wildman–Crippen MR) is 101 cm³/mol. The van der Waals surface area contributed by atoms with E-state index in [1.807, 2.05) is 12.1 Å². The summed E-state index contributed by atoms with van der Waals surface area (Å²) in [6.45, 7) is 0.300. The first-order valence-corrected chi connectivity index (χ1v) is 8.59. The molecule has 7 heteroatoms. The van der Waals surface area contributed by atoms with Gasteiger partial charge in [-0.1, -0.05) is 12.1 Å². The quantitative estimate of drug-likeness (QED) is 0.656. The first-order valence-electron chi connectivity index (χ1n) is 8.59. The molecule has 2 aromatic carbocycles. The van der Waals surface area contributed by atoms with Crippen molar-refractivity contribution in [1.82, 2.24) is 5.06 Å². The molecule has 2 aliphatic heterocycles. The summed E-state index contributed by atoms with van der Waals surface area (Å²) in [5.74, 6) is -0.545. The van der Waals surface area contributed by atoms with Crippen LogP contribution in [0.2, 0.25) is 0 Å². The van der Waals surface area contributed by atoms with Gasteiger partial charge in [0, 0.05) is 23.7 Å². The Balaban J connectivity index is 1.64. The van der Waals surface area contributed by atoms with Crippen molar-refractivity contribution in [2.75, 3.05) is 26.1 Å². The van der Waals surface area contributed by atoms with E-state index < -0.39 is 5.82 Å². The van der Waals surface area contributed by atoms with Crippen LogP contribution in [0.4, 0.5) is 10.1 Å². The number of carbonyl (C=O) groups excluding carboxylic acids is 2. The molecule has 0 saturated carbocycles. The maximum absolute atomic E-state index is 13.4. The average molecular weight is 380 g/mol. The number of rotatable bonds is 3. The molecule has 0 saturated heterocycles. The van der Waals surface area contributed by atoms with E-state index in [9.17, 15) is 14.0 Å². The Bertz CT molecular complexity index is 1040. The predicted octanol–water partition coefficient (Wildman–Crippen LogP) is 3.24. The van der Waals surface area contributed by atoms with Crippen LogP contribution >= 0.6 is 0 Å². The van der Waals surface area contributed by atoms with Gasteiger partial charge in [-0.05, 0) is 42.0 Å². The highest BCUT2D eigenvalue weighted by Gasteiger charge is 2.30. The SMILES string of the molecule is CON(C)C(=O)c1ccc(C2=CC(=C3C(=O)Nc4cc(F)ccc43)OC2)cc1. The van der Waals surface area contributed by atoms with Crippen LogP contribution in [0.5, 0.6) is 0 Å². The highest BCUT2D eigenvalue weighted by Crippen LogP contribution is 2.38. The summed E-state index contributed by atoms with van der Waals surface area (Å²) in [5, 5.41) is 3.80. The van der Waals surface area contributed by atoms with Gasteiger partial charge >= 0.3 is 0 Å². The number of benzene rings is 2. The third kappa shape index (κ3) is 3.05. The minimum Gasteiger partial charge on any atom is -0.488 e. The second-order valence-corrected chi connectivity index (χ2v) is 6.40. The Kier molecular flexibility index (Phi) is 4.44. The number of anilines is 1. The molecule has 142 valence electrons. The monoisotopic (exact) mass is 380 g/mol. The van der Waals surface area contributed by atoms with Crippen molar-refractivity contribution in [2.24, 2.45) is 0 Å². The number of fused-ring (bicyclic) bond motifs is 1. The number of hydrogen-bond acceptors (Lipinski definition) is 4. The summed E-state index contributed by atoms with van der Waals surface area (Å²) in [6.07, 6.45) is 1.80. The Labute approximate surface area is 160 Å². The lowest BCUT2D eigenvalue weighted by atomic mass is 10.0. The van der Waals surface area contributed by atoms with Crippen molar-refractivity contribution in [1.29, 1.82) is 0 Å². The molecule has 0 aliphatic carbocycles. The summed E-state index contributed by atoms with van der Waals surface area (Å²) < 4.78 is 19.1. The Morgan fingerprint density at radius 1 is 1.21 bits per heavy atom. The van der Waals surface area contributed by atoms with E-state index in [2.05, 4.69) is 5.32 Å². The van der Waals surface area contributed by atoms with E-state index in [0.29, 0.717) is 34.8 Å². The molecule has 0 atom stereocenters. The number of ether oxygens (including phenoxy) is 1. The number of allylic oxidation sites excluding steroid dienone is 1. The van der Waals surface area contributed by atoms with Crippen LogP contribution in [0.15, 0.2) is 54.3 Å². The molecule has 0 aromatic heterocycles. The molecule has 0 spiro atoms. The van der Waals surface area contributed by atoms with E-state index >= 15 is 0 Å². The molecule has 6 nitrogen and oxygen atoms in total. The maximum atomic E-state index is 13.4. The van der Waals surface area contributed by atoms with Crippen LogP contribution in [0.1, 0.15) is 21.5 Å². The van der Waals surface area contributed by atoms with Crippen molar-refractivity contribution in [3.05, 3.63) is 76.8 Å². The number of halogens is 1. The summed E-state index contributed by atoms with van der Waals surface area (Å²) in [6, 6.07) is 11.2. The van der Waals surface area contributed by atoms with Gasteiger partial charge < -0.3 is 10.1 Å². The standard InChI is InChI=1S/C21H17FN2O4/c1-24(27-2)21(26)13-5-3-12(4-6-13)14-9-18(28-11-14)19-16-8-7-15(22)10-17(16)23-20(19)25/h3-10H,11H2,1-2H3,(H,23,25). The van der Waals surface area contributed by atoms with Crippen molar-refractivity contribution >= 4 is 28.6 Å². The summed E-state index contributed by atoms with van der Waals surface area (Å²) >= 11 is 0. The molecule has 0 fully saturated rings. The van der Waals surface area contributed by atoms with Gasteiger partial charge in [-0.25, -0.2) is 9.45 Å². The number of hydroxylamine groups is 2. The Morgan fingerprint density at radius 3 is 2.68 bits per heavy atom. The Morgan fingerprint density at radius 2 is 1.96 bits per heavy atom. The van der Waals surface area contributed by atoms with Gasteiger partial charge in [-0.15, -0.1) is 0 Å². The molecule has 2 aromatic rings. The summed E-state index contributed by atoms with van der Waals surface area (Å²) in [5.41, 5.74) is 3.69. The number of carbonyl (C=O) groups is 2. The van der Waals surface area contributed by atoms with Crippen molar-refractivity contribution < 1.29 is 23.6 Å². The minimum absolute atomic E-state index is 0.250. The highest BCUT2D eigenvalue weighted by atomic mass is 19.1. The molecule has 0 radical (unpaired) electrons. The van der Waals surface area contributed by atoms with E-state index in [-0.39, 0.29) is 11.8 Å². The van der Waals surface area contributed by atoms with Crippen LogP contribution in [0.25, 0.3) is 11.1 Å². The molecule has 4 rings (SSSR count). The first kappa shape index (κ1) is 17.9. The molecule has 1 N–H and O–H groups in total. The number of nitrogens with zero attached hydrogens (tertiary/aromatic N) is 1. The fourth-order valence-electron chi connectivity index (χ4n) is 3.19. The van der Waals surface area contributed by atoms with E-state index in [1.54, 1.807) is 31.3 Å². The van der Waals surface area contributed by atoms with Gasteiger partial charge in [0.05, 0.1) is 18.4 Å². The van der Waals surface area contributed by atoms with Gasteiger partial charge in [-0.3, -0.25) is 14.4 Å². The van der Waals surface area contributed by atoms with E-state index in [4.69, 9.17) is 9.57 Å². The van der Waals surface area contributed by atoms with Crippen molar-refractivity contribution in [3.8, 4) is 0 Å². The minimum atomic E-state index is -0.414. The smallest absolute Gasteiger partial charge is 0.277 e. The zero-order valence-electron chi connectivity index (χ0n) is 15.3. The third-order valence-corrected chi connectivity index (χ3v) is 4.72. The highest BCUT2D eigenvalue weighted by molar-refractivity contribution is 6.32. The molecule has 0 unspecified atom stereocenters. The largest absolute Gasteiger partial charge is 0.488 e. The molecule has 0 bridgehead atoms. The number of amides is 2. The lowest BCUT2D eigenvalue weighted by Crippen LogP contribution is -2.25. The molecule has 2 amide bonds. The summed E-state index contributed by atoms with van der Waals surface area (Å²) in [7, 11) is 2.96. The lowest BCUT2D eigenvalue weighted by Gasteiger charge is -2.13. The van der Waals surface area contributed by atoms with Crippen LogP contribution < -0.4 is 5.32 Å². The maximum Gasteiger partial charge on any atom is 0.277 e. The van der Waals surface area contributed by atoms with Gasteiger partial charge in [0.25, 0.3) is 11.8 Å². The van der Waals surface area contributed by atoms with Crippen molar-refractivity contribution in [2.45, 2.75) is 0 Å². The van der Waals surface area contributed by atoms with Gasteiger partial charge in [0.15, 0.2) is 0 Å². The molecule has 2 aliphatic rings. The van der Waals surface area contributed by atoms with Crippen LogP contribution in [0, 0.1) is 5.82 Å². The fourth-order valence-corrected chi connectivity index (χ4v) is 3.19. The first-order chi connectivity index (χ1) is 13.5. The van der Waals surface area contributed by atoms with Crippen LogP contribution in [-0.2, 0) is 14.4 Å². The summed E-state index contributed by atoms with van der Waals surface area (Å²) in [4.78, 5) is 29.3. The molecular formula is C21H17FN2O4. The molecular weight excluding hydrogens is 363 g/mol. The topological polar surface area (TPSA) is 67.9 Å².